The molecule has 0 aromatic carbocycles. The number of nitrogens with zero attached hydrogens (tertiary/aromatic N) is 1. The van der Waals surface area contributed by atoms with Crippen molar-refractivity contribution in [2.75, 3.05) is 18.4 Å². The predicted molar refractivity (Wildman–Crippen MR) is 56.4 cm³/mol. The Balaban J connectivity index is 2.28. The van der Waals surface area contributed by atoms with Crippen LogP contribution in [-0.4, -0.2) is 24.0 Å². The molecule has 0 saturated heterocycles. The van der Waals surface area contributed by atoms with Gasteiger partial charge in [0.1, 0.15) is 0 Å². The molecule has 0 aliphatic carbocycles. The minimum absolute atomic E-state index is 0.0315. The van der Waals surface area contributed by atoms with E-state index in [1.807, 2.05) is 0 Å². The summed E-state index contributed by atoms with van der Waals surface area (Å²) in [6.07, 6.45) is 3.25. The quantitative estimate of drug-likeness (QED) is 0.741. The number of carbonyl (C=O) groups excluding carboxylic acids is 1. The van der Waals surface area contributed by atoms with Gasteiger partial charge in [0.05, 0.1) is 16.9 Å². The molecule has 1 rings (SSSR count). The van der Waals surface area contributed by atoms with E-state index in [2.05, 4.69) is 15.6 Å². The van der Waals surface area contributed by atoms with Crippen LogP contribution in [0.1, 0.15) is 6.92 Å². The first-order valence-electron chi connectivity index (χ1n) is 4.27. The molecule has 1 aromatic rings. The Labute approximate surface area is 87.7 Å². The second-order valence-corrected chi connectivity index (χ2v) is 3.24. The van der Waals surface area contributed by atoms with Gasteiger partial charge in [-0.05, 0) is 6.07 Å². The van der Waals surface area contributed by atoms with E-state index in [0.717, 1.165) is 5.69 Å². The van der Waals surface area contributed by atoms with Crippen molar-refractivity contribution in [2.24, 2.45) is 0 Å². The molecule has 0 atom stereocenters. The van der Waals surface area contributed by atoms with Crippen LogP contribution >= 0.6 is 11.6 Å². The number of halogens is 1. The summed E-state index contributed by atoms with van der Waals surface area (Å²) in [5.74, 6) is -0.0315. The van der Waals surface area contributed by atoms with E-state index >= 15 is 0 Å². The highest BCUT2D eigenvalue weighted by atomic mass is 35.5. The highest BCUT2D eigenvalue weighted by molar-refractivity contribution is 6.30. The van der Waals surface area contributed by atoms with Crippen molar-refractivity contribution in [1.82, 2.24) is 10.3 Å². The number of carbonyl (C=O) groups is 1. The fourth-order valence-corrected chi connectivity index (χ4v) is 1.13. The van der Waals surface area contributed by atoms with Gasteiger partial charge in [0.2, 0.25) is 5.91 Å². The number of hydrogen-bond acceptors (Lipinski definition) is 3. The minimum Gasteiger partial charge on any atom is -0.382 e. The number of nitrogens with one attached hydrogen (secondary N) is 2. The SMILES string of the molecule is CC(=O)NCCNc1cncc(Cl)c1. The van der Waals surface area contributed by atoms with E-state index in [9.17, 15) is 4.79 Å². The van der Waals surface area contributed by atoms with Gasteiger partial charge in [-0.15, -0.1) is 0 Å². The van der Waals surface area contributed by atoms with Crippen LogP contribution in [0.2, 0.25) is 5.02 Å². The standard InChI is InChI=1S/C9H12ClN3O/c1-7(14)12-2-3-13-9-4-8(10)5-11-6-9/h4-6,13H,2-3H2,1H3,(H,12,14). The summed E-state index contributed by atoms with van der Waals surface area (Å²) >= 11 is 5.74. The third-order valence-corrected chi connectivity index (χ3v) is 1.74. The second kappa shape index (κ2) is 5.44. The van der Waals surface area contributed by atoms with E-state index < -0.39 is 0 Å². The Kier molecular flexibility index (Phi) is 4.19. The molecule has 0 radical (unpaired) electrons. The molecule has 76 valence electrons. The zero-order chi connectivity index (χ0) is 10.4. The van der Waals surface area contributed by atoms with Crippen molar-refractivity contribution in [1.29, 1.82) is 0 Å². The lowest BCUT2D eigenvalue weighted by Crippen LogP contribution is -2.26. The molecule has 0 saturated carbocycles. The smallest absolute Gasteiger partial charge is 0.216 e. The van der Waals surface area contributed by atoms with Crippen molar-refractivity contribution in [3.8, 4) is 0 Å². The van der Waals surface area contributed by atoms with Gasteiger partial charge >= 0.3 is 0 Å². The lowest BCUT2D eigenvalue weighted by atomic mass is 10.4. The molecule has 0 fully saturated rings. The normalized spacial score (nSPS) is 9.57. The van der Waals surface area contributed by atoms with Crippen LogP contribution in [0.4, 0.5) is 5.69 Å². The molecule has 0 aliphatic heterocycles. The highest BCUT2D eigenvalue weighted by Gasteiger charge is 1.94. The molecule has 0 bridgehead atoms. The molecular formula is C9H12ClN3O. The average molecular weight is 214 g/mol. The monoisotopic (exact) mass is 213 g/mol. The average Bonchev–Trinajstić information content (AvgIpc) is 2.12. The Morgan fingerprint density at radius 1 is 1.50 bits per heavy atom. The van der Waals surface area contributed by atoms with Crippen LogP contribution in [0, 0.1) is 0 Å². The molecule has 4 nitrogen and oxygen atoms in total. The van der Waals surface area contributed by atoms with Crippen molar-refractivity contribution in [3.05, 3.63) is 23.5 Å². The van der Waals surface area contributed by atoms with Crippen LogP contribution in [0.25, 0.3) is 0 Å². The first kappa shape index (κ1) is 10.8. The fourth-order valence-electron chi connectivity index (χ4n) is 0.954. The van der Waals surface area contributed by atoms with Gasteiger partial charge in [0.15, 0.2) is 0 Å². The van der Waals surface area contributed by atoms with E-state index in [1.165, 1.54) is 6.92 Å². The maximum absolute atomic E-state index is 10.5. The Morgan fingerprint density at radius 2 is 2.29 bits per heavy atom. The lowest BCUT2D eigenvalue weighted by Gasteiger charge is -2.06. The number of rotatable bonds is 4. The second-order valence-electron chi connectivity index (χ2n) is 2.80. The van der Waals surface area contributed by atoms with Crippen molar-refractivity contribution in [2.45, 2.75) is 6.92 Å². The van der Waals surface area contributed by atoms with Crippen molar-refractivity contribution >= 4 is 23.2 Å². The Bertz CT molecular complexity index is 317. The third kappa shape index (κ3) is 4.09. The molecule has 1 aromatic heterocycles. The van der Waals surface area contributed by atoms with Gasteiger partial charge in [0.25, 0.3) is 0 Å². The van der Waals surface area contributed by atoms with Crippen LogP contribution in [0.3, 0.4) is 0 Å². The fraction of sp³-hybridized carbons (Fsp3) is 0.333. The summed E-state index contributed by atoms with van der Waals surface area (Å²) in [6.45, 7) is 2.73. The van der Waals surface area contributed by atoms with E-state index in [4.69, 9.17) is 11.6 Å². The van der Waals surface area contributed by atoms with Gasteiger partial charge in [-0.3, -0.25) is 9.78 Å². The first-order valence-corrected chi connectivity index (χ1v) is 4.65. The van der Waals surface area contributed by atoms with Crippen LogP contribution in [0.5, 0.6) is 0 Å². The summed E-state index contributed by atoms with van der Waals surface area (Å²) in [4.78, 5) is 14.5. The summed E-state index contributed by atoms with van der Waals surface area (Å²) < 4.78 is 0. The molecule has 2 N–H and O–H groups in total. The molecule has 0 aliphatic rings. The molecule has 1 heterocycles. The van der Waals surface area contributed by atoms with Crippen LogP contribution < -0.4 is 10.6 Å². The Hall–Kier alpha value is -1.29. The summed E-state index contributed by atoms with van der Waals surface area (Å²) in [7, 11) is 0. The van der Waals surface area contributed by atoms with Gasteiger partial charge in [0, 0.05) is 26.2 Å². The highest BCUT2D eigenvalue weighted by Crippen LogP contribution is 2.11. The molecule has 0 spiro atoms. The third-order valence-electron chi connectivity index (χ3n) is 1.53. The number of pyridine rings is 1. The zero-order valence-electron chi connectivity index (χ0n) is 7.88. The van der Waals surface area contributed by atoms with Gasteiger partial charge in [-0.1, -0.05) is 11.6 Å². The number of anilines is 1. The molecular weight excluding hydrogens is 202 g/mol. The number of amides is 1. The summed E-state index contributed by atoms with van der Waals surface area (Å²) in [5.41, 5.74) is 0.850. The van der Waals surface area contributed by atoms with E-state index in [1.54, 1.807) is 18.5 Å². The van der Waals surface area contributed by atoms with Gasteiger partial charge in [-0.25, -0.2) is 0 Å². The predicted octanol–water partition coefficient (Wildman–Crippen LogP) is 1.28. The minimum atomic E-state index is -0.0315. The van der Waals surface area contributed by atoms with Crippen LogP contribution in [0.15, 0.2) is 18.5 Å². The van der Waals surface area contributed by atoms with E-state index in [-0.39, 0.29) is 5.91 Å². The maximum atomic E-state index is 10.5. The van der Waals surface area contributed by atoms with Crippen LogP contribution in [-0.2, 0) is 4.79 Å². The largest absolute Gasteiger partial charge is 0.382 e. The number of aromatic nitrogens is 1. The lowest BCUT2D eigenvalue weighted by molar-refractivity contribution is -0.118. The maximum Gasteiger partial charge on any atom is 0.216 e. The van der Waals surface area contributed by atoms with E-state index in [0.29, 0.717) is 18.1 Å². The van der Waals surface area contributed by atoms with Crippen molar-refractivity contribution < 1.29 is 4.79 Å². The van der Waals surface area contributed by atoms with Gasteiger partial charge in [-0.2, -0.15) is 0 Å². The zero-order valence-corrected chi connectivity index (χ0v) is 8.64. The number of hydrogen-bond donors (Lipinski definition) is 2. The molecule has 5 heteroatoms. The topological polar surface area (TPSA) is 54.0 Å². The van der Waals surface area contributed by atoms with Gasteiger partial charge < -0.3 is 10.6 Å². The molecule has 14 heavy (non-hydrogen) atoms. The van der Waals surface area contributed by atoms with Crippen molar-refractivity contribution in [3.63, 3.8) is 0 Å². The molecule has 1 amide bonds. The summed E-state index contributed by atoms with van der Waals surface area (Å²) in [5, 5.41) is 6.35. The molecule has 0 unspecified atom stereocenters. The summed E-state index contributed by atoms with van der Waals surface area (Å²) in [6, 6.07) is 1.78. The Morgan fingerprint density at radius 3 is 2.93 bits per heavy atom. The first-order chi connectivity index (χ1) is 6.68.